The lowest BCUT2D eigenvalue weighted by Crippen LogP contribution is -2.19. The molecule has 0 saturated carbocycles. The minimum absolute atomic E-state index is 0.167. The van der Waals surface area contributed by atoms with E-state index in [4.69, 9.17) is 9.47 Å². The number of carbonyl (C=O) groups excluding carboxylic acids is 2. The summed E-state index contributed by atoms with van der Waals surface area (Å²) in [6, 6.07) is 10.9. The number of benzene rings is 2. The average molecular weight is 361 g/mol. The predicted octanol–water partition coefficient (Wildman–Crippen LogP) is 2.00. The normalized spacial score (nSPS) is 10.8. The summed E-state index contributed by atoms with van der Waals surface area (Å²) in [7, 11) is -4.69. The highest BCUT2D eigenvalue weighted by atomic mass is 32.2. The maximum atomic E-state index is 11.8. The molecule has 0 amide bonds. The molecule has 130 valence electrons. The third-order valence-corrected chi connectivity index (χ3v) is 3.86. The molecule has 0 fully saturated rings. The number of hydrogen-bond acceptors (Lipinski definition) is 7. The highest BCUT2D eigenvalue weighted by molar-refractivity contribution is 7.85. The van der Waals surface area contributed by atoms with E-state index < -0.39 is 33.6 Å². The van der Waals surface area contributed by atoms with Crippen LogP contribution in [0.2, 0.25) is 0 Å². The van der Waals surface area contributed by atoms with Gasteiger partial charge in [-0.1, -0.05) is 30.9 Å². The summed E-state index contributed by atoms with van der Waals surface area (Å²) in [6.07, 6.45) is 1.63. The zero-order valence-corrected chi connectivity index (χ0v) is 13.7. The first kappa shape index (κ1) is 18.4. The molecule has 0 bridgehead atoms. The molecule has 0 saturated heterocycles. The van der Waals surface area contributed by atoms with Gasteiger partial charge in [-0.15, -0.1) is 0 Å². The number of rotatable bonds is 6. The highest BCUT2D eigenvalue weighted by Gasteiger charge is 2.13. The van der Waals surface area contributed by atoms with E-state index in [1.54, 1.807) is 30.3 Å². The van der Waals surface area contributed by atoms with Crippen molar-refractivity contribution in [2.75, 3.05) is 6.61 Å². The topological polar surface area (TPSA) is 110 Å². The molecule has 8 heteroatoms. The van der Waals surface area contributed by atoms with Crippen molar-refractivity contribution >= 4 is 28.1 Å². The number of ether oxygens (including phenoxy) is 2. The van der Waals surface area contributed by atoms with Crippen LogP contribution in [0.1, 0.15) is 15.9 Å². The molecule has 0 atom stereocenters. The summed E-state index contributed by atoms with van der Waals surface area (Å²) < 4.78 is 42.5. The van der Waals surface area contributed by atoms with Crippen LogP contribution >= 0.6 is 0 Å². The molecular weight excluding hydrogens is 348 g/mol. The minimum Gasteiger partial charge on any atom is -0.744 e. The Bertz CT molecular complexity index is 899. The number of esters is 2. The standard InChI is InChI=1S/C17H14O7S/c1-2-12-6-8-14(9-7-12)24-16(18)11-23-17(19)13-4-3-5-15(10-13)25(20,21)22/h2-10H,1,11H2,(H,20,21,22)/p-1. The van der Waals surface area contributed by atoms with Crippen LogP contribution in [0.25, 0.3) is 6.08 Å². The molecule has 2 aromatic carbocycles. The zero-order valence-electron chi connectivity index (χ0n) is 12.9. The van der Waals surface area contributed by atoms with E-state index in [0.717, 1.165) is 17.7 Å². The van der Waals surface area contributed by atoms with E-state index in [1.807, 2.05) is 0 Å². The molecule has 0 unspecified atom stereocenters. The van der Waals surface area contributed by atoms with Gasteiger partial charge in [0, 0.05) is 0 Å². The average Bonchev–Trinajstić information content (AvgIpc) is 2.59. The smallest absolute Gasteiger partial charge is 0.349 e. The Morgan fingerprint density at radius 1 is 1.12 bits per heavy atom. The monoisotopic (exact) mass is 361 g/mol. The van der Waals surface area contributed by atoms with E-state index in [2.05, 4.69) is 6.58 Å². The quantitative estimate of drug-likeness (QED) is 0.439. The second kappa shape index (κ2) is 7.73. The highest BCUT2D eigenvalue weighted by Crippen LogP contribution is 2.14. The van der Waals surface area contributed by atoms with Crippen molar-refractivity contribution in [2.24, 2.45) is 0 Å². The first-order chi connectivity index (χ1) is 11.8. The summed E-state index contributed by atoms with van der Waals surface area (Å²) in [4.78, 5) is 22.9. The van der Waals surface area contributed by atoms with Crippen LogP contribution in [0.15, 0.2) is 60.0 Å². The van der Waals surface area contributed by atoms with Crippen molar-refractivity contribution in [1.29, 1.82) is 0 Å². The minimum atomic E-state index is -4.69. The lowest BCUT2D eigenvalue weighted by molar-refractivity contribution is -0.137. The Morgan fingerprint density at radius 2 is 1.80 bits per heavy atom. The second-order valence-corrected chi connectivity index (χ2v) is 6.18. The zero-order chi connectivity index (χ0) is 18.4. The van der Waals surface area contributed by atoms with Crippen LogP contribution in [0.5, 0.6) is 5.75 Å². The van der Waals surface area contributed by atoms with E-state index in [1.165, 1.54) is 12.1 Å². The van der Waals surface area contributed by atoms with Gasteiger partial charge in [0.25, 0.3) is 0 Å². The van der Waals surface area contributed by atoms with Crippen LogP contribution in [-0.4, -0.2) is 31.5 Å². The van der Waals surface area contributed by atoms with E-state index in [9.17, 15) is 22.6 Å². The van der Waals surface area contributed by atoms with Crippen LogP contribution in [-0.2, 0) is 19.6 Å². The van der Waals surface area contributed by atoms with Crippen molar-refractivity contribution in [3.63, 3.8) is 0 Å². The van der Waals surface area contributed by atoms with Gasteiger partial charge in [-0.2, -0.15) is 0 Å². The SMILES string of the molecule is C=Cc1ccc(OC(=O)COC(=O)c2cccc(S(=O)(=O)[O-])c2)cc1. The molecule has 0 N–H and O–H groups in total. The van der Waals surface area contributed by atoms with Gasteiger partial charge in [-0.3, -0.25) is 0 Å². The lowest BCUT2D eigenvalue weighted by Gasteiger charge is -2.09. The van der Waals surface area contributed by atoms with E-state index >= 15 is 0 Å². The molecule has 0 aliphatic heterocycles. The van der Waals surface area contributed by atoms with Crippen LogP contribution in [0.4, 0.5) is 0 Å². The summed E-state index contributed by atoms with van der Waals surface area (Å²) in [5.41, 5.74) is 0.680. The summed E-state index contributed by atoms with van der Waals surface area (Å²) in [5.74, 6) is -1.50. The van der Waals surface area contributed by atoms with Crippen LogP contribution in [0, 0.1) is 0 Å². The van der Waals surface area contributed by atoms with Crippen molar-refractivity contribution in [2.45, 2.75) is 4.90 Å². The molecule has 0 aromatic heterocycles. The molecule has 7 nitrogen and oxygen atoms in total. The molecular formula is C17H13O7S-. The van der Waals surface area contributed by atoms with Gasteiger partial charge >= 0.3 is 11.9 Å². The first-order valence-electron chi connectivity index (χ1n) is 6.96. The number of hydrogen-bond donors (Lipinski definition) is 0. The van der Waals surface area contributed by atoms with Crippen molar-refractivity contribution in [1.82, 2.24) is 0 Å². The van der Waals surface area contributed by atoms with Crippen molar-refractivity contribution < 1.29 is 32.0 Å². The van der Waals surface area contributed by atoms with Gasteiger partial charge < -0.3 is 14.0 Å². The Balaban J connectivity index is 1.95. The predicted molar refractivity (Wildman–Crippen MR) is 86.9 cm³/mol. The summed E-state index contributed by atoms with van der Waals surface area (Å²) in [5, 5.41) is 0. The Morgan fingerprint density at radius 3 is 2.40 bits per heavy atom. The fourth-order valence-electron chi connectivity index (χ4n) is 1.82. The Hall–Kier alpha value is -2.97. The van der Waals surface area contributed by atoms with Gasteiger partial charge in [0.1, 0.15) is 15.9 Å². The third kappa shape index (κ3) is 5.27. The van der Waals surface area contributed by atoms with Crippen LogP contribution in [0.3, 0.4) is 0 Å². The Labute approximate surface area is 144 Å². The van der Waals surface area contributed by atoms with Crippen LogP contribution < -0.4 is 4.74 Å². The van der Waals surface area contributed by atoms with Crippen molar-refractivity contribution in [3.8, 4) is 5.75 Å². The fourth-order valence-corrected chi connectivity index (χ4v) is 2.34. The van der Waals surface area contributed by atoms with Gasteiger partial charge in [0.05, 0.1) is 10.5 Å². The molecule has 0 aliphatic rings. The molecule has 2 rings (SSSR count). The van der Waals surface area contributed by atoms with Gasteiger partial charge in [0.2, 0.25) is 0 Å². The Kier molecular flexibility index (Phi) is 5.68. The third-order valence-electron chi connectivity index (χ3n) is 3.03. The number of carbonyl (C=O) groups is 2. The summed E-state index contributed by atoms with van der Waals surface area (Å²) >= 11 is 0. The molecule has 25 heavy (non-hydrogen) atoms. The molecule has 2 aromatic rings. The van der Waals surface area contributed by atoms with Crippen molar-refractivity contribution in [3.05, 3.63) is 66.2 Å². The molecule has 0 radical (unpaired) electrons. The fraction of sp³-hybridized carbons (Fsp3) is 0.0588. The molecule has 0 heterocycles. The second-order valence-electron chi connectivity index (χ2n) is 4.81. The largest absolute Gasteiger partial charge is 0.744 e. The first-order valence-corrected chi connectivity index (χ1v) is 8.36. The van der Waals surface area contributed by atoms with Gasteiger partial charge in [0.15, 0.2) is 6.61 Å². The maximum absolute atomic E-state index is 11.8. The lowest BCUT2D eigenvalue weighted by atomic mass is 10.2. The maximum Gasteiger partial charge on any atom is 0.349 e. The van der Waals surface area contributed by atoms with E-state index in [0.29, 0.717) is 0 Å². The van der Waals surface area contributed by atoms with Gasteiger partial charge in [-0.25, -0.2) is 18.0 Å². The summed E-state index contributed by atoms with van der Waals surface area (Å²) in [6.45, 7) is 2.93. The van der Waals surface area contributed by atoms with Gasteiger partial charge in [-0.05, 0) is 35.9 Å². The molecule has 0 spiro atoms. The van der Waals surface area contributed by atoms with E-state index in [-0.39, 0.29) is 11.3 Å². The molecule has 0 aliphatic carbocycles.